The zero-order valence-electron chi connectivity index (χ0n) is 3.13. The van der Waals surface area contributed by atoms with Crippen LogP contribution in [0.15, 0.2) is 0 Å². The molecular weight excluding hydrogens is 310 g/mol. The first kappa shape index (κ1) is 127. The fraction of sp³-hybridized carbons (Fsp3) is 0. The molecule has 0 saturated heterocycles. The van der Waals surface area contributed by atoms with E-state index in [9.17, 15) is 0 Å². The van der Waals surface area contributed by atoms with Crippen molar-refractivity contribution in [2.45, 2.75) is 0 Å². The Hall–Kier alpha value is 2.21. The summed E-state index contributed by atoms with van der Waals surface area (Å²) in [5.41, 5.74) is 0. The molecule has 0 aromatic heterocycles. The molecule has 0 aromatic carbocycles. The quantitative estimate of drug-likeness (QED) is 0.443. The third-order valence-electron chi connectivity index (χ3n) is 0. The van der Waals surface area contributed by atoms with Gasteiger partial charge in [-0.25, -0.2) is 0 Å². The average molecular weight is 314 g/mol. The maximum absolute atomic E-state index is 0. The Bertz CT molecular complexity index is 8.04. The molecule has 0 unspecified atom stereocenters. The van der Waals surface area contributed by atoms with Gasteiger partial charge in [0, 0.05) is 0 Å². The fourth-order valence-corrected chi connectivity index (χ4v) is 0. The van der Waals surface area contributed by atoms with Gasteiger partial charge in [-0.15, -0.1) is 12.4 Å². The topological polar surface area (TPSA) is 35.0 Å². The molecule has 0 aromatic rings. The zero-order chi connectivity index (χ0) is 0. The van der Waals surface area contributed by atoms with E-state index in [1.807, 2.05) is 0 Å². The van der Waals surface area contributed by atoms with Gasteiger partial charge in [-0.1, -0.05) is 0 Å². The number of hydrogen-bond donors (Lipinski definition) is 1. The molecule has 3 N–H and O–H groups in total. The van der Waals surface area contributed by atoms with Crippen molar-refractivity contribution in [3.63, 3.8) is 0 Å². The van der Waals surface area contributed by atoms with E-state index in [1.165, 1.54) is 0 Å². The summed E-state index contributed by atoms with van der Waals surface area (Å²) >= 11 is 0. The summed E-state index contributed by atoms with van der Waals surface area (Å²) in [4.78, 5) is 0. The molecule has 0 spiro atoms. The smallest absolute Gasteiger partial charge is 1.00 e. The van der Waals surface area contributed by atoms with Gasteiger partial charge in [0.2, 0.25) is 0 Å². The zero-order valence-corrected chi connectivity index (χ0v) is 9.82. The van der Waals surface area contributed by atoms with Crippen LogP contribution in [0.2, 0.25) is 0 Å². The molecule has 0 aliphatic rings. The summed E-state index contributed by atoms with van der Waals surface area (Å²) in [6, 6.07) is 0. The Morgan fingerprint density at radius 3 is 0.571 bits per heavy atom. The molecule has 0 aliphatic carbocycles. The van der Waals surface area contributed by atoms with Crippen LogP contribution in [0.3, 0.4) is 0 Å². The summed E-state index contributed by atoms with van der Waals surface area (Å²) < 4.78 is 0. The van der Waals surface area contributed by atoms with Gasteiger partial charge < -0.3 is 55.8 Å². The maximum Gasteiger partial charge on any atom is 4.00 e. The van der Waals surface area contributed by atoms with E-state index in [2.05, 4.69) is 0 Å². The van der Waals surface area contributed by atoms with Gasteiger partial charge in [0.15, 0.2) is 0 Å². The van der Waals surface area contributed by atoms with Crippen molar-refractivity contribution in [1.29, 1.82) is 0 Å². The van der Waals surface area contributed by atoms with Crippen LogP contribution < -0.4 is 55.8 Å². The van der Waals surface area contributed by atoms with Gasteiger partial charge in [0.25, 0.3) is 0 Å². The normalized spacial score (nSPS) is 0. The number of hydrogen-bond acceptors (Lipinski definition) is 1. The third kappa shape index (κ3) is 64.9. The first-order valence-electron chi connectivity index (χ1n) is 0. The van der Waals surface area contributed by atoms with Gasteiger partial charge >= 0.3 is 23.9 Å². The van der Waals surface area contributed by atoms with Crippen LogP contribution in [-0.2, 0) is 0 Å². The summed E-state index contributed by atoms with van der Waals surface area (Å²) in [7, 11) is 0. The van der Waals surface area contributed by atoms with Crippen molar-refractivity contribution in [2.75, 3.05) is 0 Å². The van der Waals surface area contributed by atoms with E-state index in [1.54, 1.807) is 0 Å². The van der Waals surface area contributed by atoms with Gasteiger partial charge in [-0.2, -0.15) is 0 Å². The summed E-state index contributed by atoms with van der Waals surface area (Å²) in [5, 5.41) is 0. The van der Waals surface area contributed by atoms with Crippen LogP contribution >= 0.6 is 12.4 Å². The molecule has 7 heteroatoms. The Morgan fingerprint density at radius 2 is 0.571 bits per heavy atom. The van der Waals surface area contributed by atoms with Crippen LogP contribution in [0, 0.1) is 0 Å². The van der Waals surface area contributed by atoms with Crippen molar-refractivity contribution in [3.8, 4) is 0 Å². The van der Waals surface area contributed by atoms with Gasteiger partial charge in [-0.3, -0.25) is 0 Å². The predicted octanol–water partition coefficient (Wildman–Crippen LogP) is -11.8. The molecule has 0 radical (unpaired) electrons. The summed E-state index contributed by atoms with van der Waals surface area (Å²) in [6.45, 7) is 0. The second-order valence-corrected chi connectivity index (χ2v) is 0. The van der Waals surface area contributed by atoms with E-state index >= 15 is 0 Å². The van der Waals surface area contributed by atoms with E-state index in [0.29, 0.717) is 0 Å². The first-order chi connectivity index (χ1) is 0. The van der Waals surface area contributed by atoms with E-state index in [4.69, 9.17) is 0 Å². The van der Waals surface area contributed by atoms with Crippen molar-refractivity contribution < 1.29 is 49.6 Å². The molecule has 0 rings (SSSR count). The summed E-state index contributed by atoms with van der Waals surface area (Å²) in [6.07, 6.45) is 0. The molecular formula is H4Cl5NSn. The Kier molecular flexibility index (Phi) is 1590. The van der Waals surface area contributed by atoms with Crippen molar-refractivity contribution in [2.24, 2.45) is 0 Å². The molecule has 0 heterocycles. The Labute approximate surface area is 91.3 Å². The average Bonchev–Trinajstić information content (AvgIpc) is 0. The minimum Gasteiger partial charge on any atom is -1.00 e. The fourth-order valence-electron chi connectivity index (χ4n) is 0. The van der Waals surface area contributed by atoms with E-state index < -0.39 is 0 Å². The van der Waals surface area contributed by atoms with Crippen molar-refractivity contribution >= 4 is 36.3 Å². The van der Waals surface area contributed by atoms with Crippen LogP contribution in [0.4, 0.5) is 0 Å². The molecule has 48 valence electrons. The van der Waals surface area contributed by atoms with Crippen molar-refractivity contribution in [3.05, 3.63) is 0 Å². The Balaban J connectivity index is 0. The second kappa shape index (κ2) is 87.4. The Morgan fingerprint density at radius 1 is 0.571 bits per heavy atom. The molecule has 0 fully saturated rings. The molecule has 0 saturated carbocycles. The van der Waals surface area contributed by atoms with Crippen LogP contribution in [-0.4, -0.2) is 23.9 Å². The molecule has 0 atom stereocenters. The minimum atomic E-state index is 0. The molecule has 0 amide bonds. The first-order valence-corrected chi connectivity index (χ1v) is 0. The molecule has 0 aliphatic heterocycles. The molecule has 0 bridgehead atoms. The minimum absolute atomic E-state index is 0. The third-order valence-corrected chi connectivity index (χ3v) is 0. The van der Waals surface area contributed by atoms with Gasteiger partial charge in [0.1, 0.15) is 0 Å². The van der Waals surface area contributed by atoms with Crippen LogP contribution in [0.25, 0.3) is 0 Å². The largest absolute Gasteiger partial charge is 4.00 e. The van der Waals surface area contributed by atoms with Crippen LogP contribution in [0.5, 0.6) is 0 Å². The maximum atomic E-state index is 0. The standard InChI is InChI=1S/5ClH.H3N.Sn/h5*1H;1H3;/q;;;;;;+4/p-4. The van der Waals surface area contributed by atoms with E-state index in [0.717, 1.165) is 0 Å². The predicted molar refractivity (Wildman–Crippen MR) is 18.0 cm³/mol. The SMILES string of the molecule is Cl.N.[Cl-].[Cl-].[Cl-].[Cl-].[Sn+4]. The van der Waals surface area contributed by atoms with Crippen molar-refractivity contribution in [1.82, 2.24) is 6.15 Å². The number of rotatable bonds is 0. The molecule has 7 heavy (non-hydrogen) atoms. The monoisotopic (exact) mass is 313 g/mol. The number of halogens is 5. The van der Waals surface area contributed by atoms with Crippen LogP contribution in [0.1, 0.15) is 0 Å². The second-order valence-electron chi connectivity index (χ2n) is 0. The molecule has 1 nitrogen and oxygen atoms in total. The van der Waals surface area contributed by atoms with Gasteiger partial charge in [-0.05, 0) is 0 Å². The van der Waals surface area contributed by atoms with Gasteiger partial charge in [0.05, 0.1) is 0 Å². The van der Waals surface area contributed by atoms with E-state index in [-0.39, 0.29) is 92.1 Å². The summed E-state index contributed by atoms with van der Waals surface area (Å²) in [5.74, 6) is 0.